The molecular weight excluding hydrogens is 458 g/mol. The third-order valence-electron chi connectivity index (χ3n) is 5.71. The Morgan fingerprint density at radius 2 is 1.74 bits per heavy atom. The van der Waals surface area contributed by atoms with Crippen LogP contribution in [0.3, 0.4) is 0 Å². The van der Waals surface area contributed by atoms with Crippen molar-refractivity contribution in [1.29, 1.82) is 0 Å². The number of aliphatic carboxylic acids is 1. The molecule has 0 unspecified atom stereocenters. The van der Waals surface area contributed by atoms with Crippen molar-refractivity contribution < 1.29 is 34.2 Å². The van der Waals surface area contributed by atoms with Crippen molar-refractivity contribution in [1.82, 2.24) is 20.9 Å². The highest BCUT2D eigenvalue weighted by Gasteiger charge is 2.38. The van der Waals surface area contributed by atoms with Crippen molar-refractivity contribution >= 4 is 29.6 Å². The number of carboxylic acids is 1. The number of amides is 4. The SMILES string of the molecule is CC(C)[C@H](N)C(=O)N[C@@H](Cc1ccc(O)cc1)C(=O)N1CCC[C@H]1C(=O)NCC(=O)NCC(=O)O. The molecule has 3 atom stereocenters. The minimum Gasteiger partial charge on any atom is -0.508 e. The lowest BCUT2D eigenvalue weighted by Crippen LogP contribution is -2.57. The van der Waals surface area contributed by atoms with Crippen LogP contribution >= 0.6 is 0 Å². The van der Waals surface area contributed by atoms with Gasteiger partial charge in [0.2, 0.25) is 23.6 Å². The van der Waals surface area contributed by atoms with Crippen LogP contribution in [-0.4, -0.2) is 82.5 Å². The molecule has 0 saturated carbocycles. The van der Waals surface area contributed by atoms with Crippen LogP contribution in [0, 0.1) is 5.92 Å². The molecule has 1 aromatic rings. The minimum atomic E-state index is -1.21. The number of benzene rings is 1. The van der Waals surface area contributed by atoms with E-state index in [1.807, 2.05) is 0 Å². The molecule has 35 heavy (non-hydrogen) atoms. The van der Waals surface area contributed by atoms with Crippen LogP contribution in [0.4, 0.5) is 0 Å². The van der Waals surface area contributed by atoms with Crippen LogP contribution < -0.4 is 21.7 Å². The molecular formula is C23H33N5O7. The fraction of sp³-hybridized carbons (Fsp3) is 0.522. The van der Waals surface area contributed by atoms with Gasteiger partial charge in [-0.1, -0.05) is 26.0 Å². The number of nitrogens with two attached hydrogens (primary N) is 1. The molecule has 4 amide bonds. The maximum atomic E-state index is 13.5. The summed E-state index contributed by atoms with van der Waals surface area (Å²) in [6, 6.07) is 3.55. The lowest BCUT2D eigenvalue weighted by Gasteiger charge is -2.29. The number of phenols is 1. The molecule has 1 aliphatic heterocycles. The van der Waals surface area contributed by atoms with Crippen molar-refractivity contribution in [2.45, 2.75) is 51.2 Å². The molecule has 1 heterocycles. The average Bonchev–Trinajstić information content (AvgIpc) is 3.31. The number of phenolic OH excluding ortho intramolecular Hbond substituents is 1. The second kappa shape index (κ2) is 12.7. The summed E-state index contributed by atoms with van der Waals surface area (Å²) in [7, 11) is 0. The highest BCUT2D eigenvalue weighted by atomic mass is 16.4. The predicted octanol–water partition coefficient (Wildman–Crippen LogP) is -1.29. The third-order valence-corrected chi connectivity index (χ3v) is 5.71. The van der Waals surface area contributed by atoms with Gasteiger partial charge in [-0.3, -0.25) is 24.0 Å². The zero-order chi connectivity index (χ0) is 26.1. The van der Waals surface area contributed by atoms with E-state index in [0.717, 1.165) is 0 Å². The Morgan fingerprint density at radius 1 is 1.09 bits per heavy atom. The second-order valence-electron chi connectivity index (χ2n) is 8.78. The highest BCUT2D eigenvalue weighted by Crippen LogP contribution is 2.20. The summed E-state index contributed by atoms with van der Waals surface area (Å²) in [4.78, 5) is 62.4. The smallest absolute Gasteiger partial charge is 0.322 e. The predicted molar refractivity (Wildman–Crippen MR) is 125 cm³/mol. The Bertz CT molecular complexity index is 935. The van der Waals surface area contributed by atoms with Crippen molar-refractivity contribution in [3.8, 4) is 5.75 Å². The molecule has 0 aliphatic carbocycles. The van der Waals surface area contributed by atoms with Gasteiger partial charge in [0, 0.05) is 13.0 Å². The first-order valence-corrected chi connectivity index (χ1v) is 11.4. The van der Waals surface area contributed by atoms with Gasteiger partial charge in [-0.15, -0.1) is 0 Å². The Labute approximate surface area is 203 Å². The lowest BCUT2D eigenvalue weighted by molar-refractivity contribution is -0.142. The van der Waals surface area contributed by atoms with Crippen molar-refractivity contribution in [3.05, 3.63) is 29.8 Å². The summed E-state index contributed by atoms with van der Waals surface area (Å²) in [6.07, 6.45) is 1.05. The van der Waals surface area contributed by atoms with E-state index in [0.29, 0.717) is 24.9 Å². The van der Waals surface area contributed by atoms with E-state index in [1.54, 1.807) is 26.0 Å². The molecule has 0 aromatic heterocycles. The topological polar surface area (TPSA) is 191 Å². The molecule has 12 heteroatoms. The normalized spacial score (nSPS) is 16.9. The quantitative estimate of drug-likeness (QED) is 0.220. The van der Waals surface area contributed by atoms with Gasteiger partial charge in [-0.2, -0.15) is 0 Å². The summed E-state index contributed by atoms with van der Waals surface area (Å²) >= 11 is 0. The fourth-order valence-electron chi connectivity index (χ4n) is 3.66. The first-order valence-electron chi connectivity index (χ1n) is 11.4. The van der Waals surface area contributed by atoms with Crippen molar-refractivity contribution in [2.24, 2.45) is 11.7 Å². The molecule has 1 saturated heterocycles. The molecule has 1 fully saturated rings. The van der Waals surface area contributed by atoms with Crippen LogP contribution in [0.15, 0.2) is 24.3 Å². The largest absolute Gasteiger partial charge is 0.508 e. The second-order valence-corrected chi connectivity index (χ2v) is 8.78. The molecule has 2 rings (SSSR count). The van der Waals surface area contributed by atoms with E-state index < -0.39 is 60.8 Å². The van der Waals surface area contributed by atoms with Gasteiger partial charge in [0.05, 0.1) is 12.6 Å². The van der Waals surface area contributed by atoms with E-state index in [4.69, 9.17) is 10.8 Å². The average molecular weight is 492 g/mol. The number of likely N-dealkylation sites (tertiary alicyclic amines) is 1. The molecule has 1 aromatic carbocycles. The first-order chi connectivity index (χ1) is 16.5. The number of rotatable bonds is 11. The van der Waals surface area contributed by atoms with E-state index in [9.17, 15) is 29.1 Å². The Balaban J connectivity index is 2.12. The summed E-state index contributed by atoms with van der Waals surface area (Å²) in [5.41, 5.74) is 6.64. The van der Waals surface area contributed by atoms with Crippen molar-refractivity contribution in [3.63, 3.8) is 0 Å². The van der Waals surface area contributed by atoms with Crippen LogP contribution in [-0.2, 0) is 30.4 Å². The first kappa shape index (κ1) is 27.6. The van der Waals surface area contributed by atoms with E-state index >= 15 is 0 Å². The number of nitrogens with zero attached hydrogens (tertiary/aromatic N) is 1. The lowest BCUT2D eigenvalue weighted by atomic mass is 10.0. The van der Waals surface area contributed by atoms with Gasteiger partial charge in [-0.25, -0.2) is 0 Å². The summed E-state index contributed by atoms with van der Waals surface area (Å²) in [6.45, 7) is 2.87. The molecule has 0 radical (unpaired) electrons. The van der Waals surface area contributed by atoms with Crippen LogP contribution in [0.1, 0.15) is 32.3 Å². The number of aromatic hydroxyl groups is 1. The standard InChI is InChI=1S/C23H33N5O7/c1-13(2)20(24)22(34)27-16(10-14-5-7-15(29)8-6-14)23(35)28-9-3-4-17(28)21(33)26-11-18(30)25-12-19(31)32/h5-8,13,16-17,20,29H,3-4,9-12,24H2,1-2H3,(H,25,30)(H,26,33)(H,27,34)(H,31,32)/t16-,17-,20-/m0/s1. The molecule has 0 bridgehead atoms. The summed E-state index contributed by atoms with van der Waals surface area (Å²) in [5.74, 6) is -3.48. The number of carbonyl (C=O) groups is 5. The van der Waals surface area contributed by atoms with Gasteiger partial charge in [0.25, 0.3) is 0 Å². The number of carboxylic acid groups (broad SMARTS) is 1. The van der Waals surface area contributed by atoms with Gasteiger partial charge in [0.1, 0.15) is 24.4 Å². The van der Waals surface area contributed by atoms with E-state index in [1.165, 1.54) is 17.0 Å². The van der Waals surface area contributed by atoms with Crippen LogP contribution in [0.2, 0.25) is 0 Å². The van der Waals surface area contributed by atoms with Crippen LogP contribution in [0.5, 0.6) is 5.75 Å². The summed E-state index contributed by atoms with van der Waals surface area (Å²) in [5, 5.41) is 25.4. The van der Waals surface area contributed by atoms with Gasteiger partial charge in [-0.05, 0) is 36.5 Å². The molecule has 192 valence electrons. The number of carbonyl (C=O) groups excluding carboxylic acids is 4. The Kier molecular flexibility index (Phi) is 10.0. The molecule has 7 N–H and O–H groups in total. The Morgan fingerprint density at radius 3 is 2.34 bits per heavy atom. The summed E-state index contributed by atoms with van der Waals surface area (Å²) < 4.78 is 0. The zero-order valence-corrected chi connectivity index (χ0v) is 19.8. The zero-order valence-electron chi connectivity index (χ0n) is 19.8. The highest BCUT2D eigenvalue weighted by molar-refractivity contribution is 5.94. The van der Waals surface area contributed by atoms with Crippen LogP contribution in [0.25, 0.3) is 0 Å². The van der Waals surface area contributed by atoms with Gasteiger partial charge >= 0.3 is 5.97 Å². The number of hydrogen-bond donors (Lipinski definition) is 6. The fourth-order valence-corrected chi connectivity index (χ4v) is 3.66. The molecule has 12 nitrogen and oxygen atoms in total. The molecule has 0 spiro atoms. The van der Waals surface area contributed by atoms with Gasteiger partial charge in [0.15, 0.2) is 0 Å². The third kappa shape index (κ3) is 8.25. The monoisotopic (exact) mass is 491 g/mol. The number of hydrogen-bond acceptors (Lipinski definition) is 7. The van der Waals surface area contributed by atoms with E-state index in [2.05, 4.69) is 16.0 Å². The maximum absolute atomic E-state index is 13.5. The minimum absolute atomic E-state index is 0.0613. The Hall–Kier alpha value is -3.67. The maximum Gasteiger partial charge on any atom is 0.322 e. The van der Waals surface area contributed by atoms with Crippen molar-refractivity contribution in [2.75, 3.05) is 19.6 Å². The number of nitrogens with one attached hydrogen (secondary N) is 3. The van der Waals surface area contributed by atoms with E-state index in [-0.39, 0.29) is 18.1 Å². The van der Waals surface area contributed by atoms with Gasteiger partial charge < -0.3 is 36.8 Å². The molecule has 1 aliphatic rings.